The number of hydrogen-bond acceptors (Lipinski definition) is 3. The van der Waals surface area contributed by atoms with Crippen molar-refractivity contribution in [3.05, 3.63) is 42.0 Å². The van der Waals surface area contributed by atoms with Gasteiger partial charge in [0.2, 0.25) is 0 Å². The Kier molecular flexibility index (Phi) is 4.54. The first kappa shape index (κ1) is 17.8. The fraction of sp³-hybridized carbons (Fsp3) is 0.333. The largest absolute Gasteiger partial charge is 0.444 e. The third kappa shape index (κ3) is 4.03. The van der Waals surface area contributed by atoms with Crippen LogP contribution in [-0.4, -0.2) is 21.5 Å². The van der Waals surface area contributed by atoms with Crippen LogP contribution in [0.1, 0.15) is 26.5 Å². The van der Waals surface area contributed by atoms with Crippen LogP contribution in [0.2, 0.25) is 0 Å². The predicted molar refractivity (Wildman–Crippen MR) is 78.4 cm³/mol. The molecule has 0 saturated carbocycles. The molecule has 2 rings (SSSR count). The minimum atomic E-state index is -4.87. The molecule has 0 aliphatic heterocycles. The maximum Gasteiger partial charge on any atom is 0.435 e. The van der Waals surface area contributed by atoms with Gasteiger partial charge in [0.25, 0.3) is 0 Å². The topological polar surface area (TPSA) is 56.1 Å². The first-order valence-electron chi connectivity index (χ1n) is 6.89. The quantitative estimate of drug-likeness (QED) is 0.822. The third-order valence-electron chi connectivity index (χ3n) is 2.75. The highest BCUT2D eigenvalue weighted by atomic mass is 19.4. The van der Waals surface area contributed by atoms with Crippen LogP contribution < -0.4 is 5.32 Å². The van der Waals surface area contributed by atoms with E-state index in [1.54, 1.807) is 20.8 Å². The van der Waals surface area contributed by atoms with Gasteiger partial charge in [0.15, 0.2) is 5.69 Å². The number of hydrogen-bond donors (Lipinski definition) is 1. The molecule has 130 valence electrons. The van der Waals surface area contributed by atoms with E-state index in [9.17, 15) is 22.4 Å². The molecule has 0 bridgehead atoms. The number of amides is 1. The van der Waals surface area contributed by atoms with Crippen molar-refractivity contribution in [2.45, 2.75) is 32.5 Å². The summed E-state index contributed by atoms with van der Waals surface area (Å²) in [6, 6.07) is 4.88. The van der Waals surface area contributed by atoms with E-state index in [1.165, 1.54) is 12.1 Å². The average molecular weight is 345 g/mol. The number of carbonyl (C=O) groups excluding carboxylic acids is 1. The molecule has 0 atom stereocenters. The molecule has 1 aromatic heterocycles. The molecule has 24 heavy (non-hydrogen) atoms. The predicted octanol–water partition coefficient (Wildman–Crippen LogP) is 4.38. The Morgan fingerprint density at radius 2 is 1.83 bits per heavy atom. The summed E-state index contributed by atoms with van der Waals surface area (Å²) in [7, 11) is 0. The van der Waals surface area contributed by atoms with E-state index in [4.69, 9.17) is 4.74 Å². The second kappa shape index (κ2) is 6.14. The Hall–Kier alpha value is -2.58. The zero-order valence-corrected chi connectivity index (χ0v) is 13.1. The van der Waals surface area contributed by atoms with Gasteiger partial charge in [-0.2, -0.15) is 18.3 Å². The van der Waals surface area contributed by atoms with Crippen molar-refractivity contribution in [3.63, 3.8) is 0 Å². The highest BCUT2D eigenvalue weighted by Gasteiger charge is 2.40. The van der Waals surface area contributed by atoms with Gasteiger partial charge >= 0.3 is 12.3 Å². The van der Waals surface area contributed by atoms with Gasteiger partial charge in [-0.3, -0.25) is 5.32 Å². The minimum Gasteiger partial charge on any atom is -0.444 e. The lowest BCUT2D eigenvalue weighted by atomic mass is 10.2. The Balaban J connectivity index is 2.45. The molecule has 1 aromatic carbocycles. The fourth-order valence-corrected chi connectivity index (χ4v) is 1.93. The highest BCUT2D eigenvalue weighted by Crippen LogP contribution is 2.36. The monoisotopic (exact) mass is 345 g/mol. The van der Waals surface area contributed by atoms with Crippen LogP contribution in [0.5, 0.6) is 0 Å². The molecule has 0 aliphatic rings. The van der Waals surface area contributed by atoms with Gasteiger partial charge in [0.05, 0.1) is 11.9 Å². The fourth-order valence-electron chi connectivity index (χ4n) is 1.93. The normalized spacial score (nSPS) is 12.1. The molecule has 0 fully saturated rings. The number of rotatable bonds is 2. The summed E-state index contributed by atoms with van der Waals surface area (Å²) in [6.45, 7) is 4.71. The standard InChI is InChI=1S/C15H15F4N3O2/c1-14(2,3)24-13(23)21-10-8-20-22(12(10)15(17,18)19)11-7-5-4-6-9(11)16/h4-8H,1-3H3,(H,21,23). The molecule has 1 amide bonds. The molecule has 1 N–H and O–H groups in total. The SMILES string of the molecule is CC(C)(C)OC(=O)Nc1cnn(-c2ccccc2F)c1C(F)(F)F. The molecule has 2 aromatic rings. The van der Waals surface area contributed by atoms with Gasteiger partial charge < -0.3 is 4.74 Å². The smallest absolute Gasteiger partial charge is 0.435 e. The van der Waals surface area contributed by atoms with Gasteiger partial charge in [-0.05, 0) is 32.9 Å². The Morgan fingerprint density at radius 3 is 2.38 bits per heavy atom. The third-order valence-corrected chi connectivity index (χ3v) is 2.75. The van der Waals surface area contributed by atoms with Crippen molar-refractivity contribution in [1.29, 1.82) is 0 Å². The lowest BCUT2D eigenvalue weighted by molar-refractivity contribution is -0.142. The molecule has 5 nitrogen and oxygen atoms in total. The lowest BCUT2D eigenvalue weighted by Crippen LogP contribution is -2.28. The van der Waals surface area contributed by atoms with E-state index in [1.807, 2.05) is 5.32 Å². The molecule has 1 heterocycles. The molecular weight excluding hydrogens is 330 g/mol. The number of benzene rings is 1. The minimum absolute atomic E-state index is 0.387. The number of alkyl halides is 3. The number of ether oxygens (including phenoxy) is 1. The zero-order valence-electron chi connectivity index (χ0n) is 13.1. The van der Waals surface area contributed by atoms with Gasteiger partial charge in [-0.15, -0.1) is 0 Å². The summed E-state index contributed by atoms with van der Waals surface area (Å²) in [4.78, 5) is 11.7. The number of carbonyl (C=O) groups is 1. The summed E-state index contributed by atoms with van der Waals surface area (Å²) in [6.07, 6.45) is -5.15. The van der Waals surface area contributed by atoms with Crippen LogP contribution in [0, 0.1) is 5.82 Å². The van der Waals surface area contributed by atoms with Crippen molar-refractivity contribution in [1.82, 2.24) is 9.78 Å². The maximum atomic E-state index is 13.8. The summed E-state index contributed by atoms with van der Waals surface area (Å²) in [5.41, 5.74) is -3.20. The van der Waals surface area contributed by atoms with Crippen molar-refractivity contribution >= 4 is 11.8 Å². The Morgan fingerprint density at radius 1 is 1.21 bits per heavy atom. The summed E-state index contributed by atoms with van der Waals surface area (Å²) >= 11 is 0. The van der Waals surface area contributed by atoms with Crippen LogP contribution >= 0.6 is 0 Å². The first-order chi connectivity index (χ1) is 11.0. The van der Waals surface area contributed by atoms with Crippen LogP contribution in [0.4, 0.5) is 28.0 Å². The second-order valence-corrected chi connectivity index (χ2v) is 5.89. The number of anilines is 1. The lowest BCUT2D eigenvalue weighted by Gasteiger charge is -2.20. The molecular formula is C15H15F4N3O2. The zero-order chi connectivity index (χ0) is 18.1. The van der Waals surface area contributed by atoms with Crippen LogP contribution in [-0.2, 0) is 10.9 Å². The van der Waals surface area contributed by atoms with E-state index >= 15 is 0 Å². The number of nitrogens with zero attached hydrogens (tertiary/aromatic N) is 2. The number of para-hydroxylation sites is 1. The van der Waals surface area contributed by atoms with Crippen LogP contribution in [0.25, 0.3) is 5.69 Å². The van der Waals surface area contributed by atoms with Gasteiger partial charge in [0, 0.05) is 0 Å². The van der Waals surface area contributed by atoms with E-state index in [0.717, 1.165) is 18.3 Å². The van der Waals surface area contributed by atoms with Crippen molar-refractivity contribution < 1.29 is 27.1 Å². The molecule has 0 spiro atoms. The van der Waals surface area contributed by atoms with E-state index < -0.39 is 35.1 Å². The van der Waals surface area contributed by atoms with Crippen LogP contribution in [0.3, 0.4) is 0 Å². The average Bonchev–Trinajstić information content (AvgIpc) is 2.80. The van der Waals surface area contributed by atoms with Crippen molar-refractivity contribution in [2.24, 2.45) is 0 Å². The van der Waals surface area contributed by atoms with Crippen LogP contribution in [0.15, 0.2) is 30.5 Å². The summed E-state index contributed by atoms with van der Waals surface area (Å²) in [5, 5.41) is 5.55. The molecule has 9 heteroatoms. The Bertz CT molecular complexity index is 748. The molecule has 0 unspecified atom stereocenters. The summed E-state index contributed by atoms with van der Waals surface area (Å²) < 4.78 is 59.2. The van der Waals surface area contributed by atoms with E-state index in [2.05, 4.69) is 5.10 Å². The van der Waals surface area contributed by atoms with Crippen molar-refractivity contribution in [2.75, 3.05) is 5.32 Å². The maximum absolute atomic E-state index is 13.8. The van der Waals surface area contributed by atoms with Crippen molar-refractivity contribution in [3.8, 4) is 5.69 Å². The van der Waals surface area contributed by atoms with Gasteiger partial charge in [0.1, 0.15) is 17.1 Å². The number of aromatic nitrogens is 2. The van der Waals surface area contributed by atoms with E-state index in [-0.39, 0.29) is 5.69 Å². The Labute approximate surface area is 135 Å². The molecule has 0 aliphatic carbocycles. The van der Waals surface area contributed by atoms with Gasteiger partial charge in [-0.25, -0.2) is 13.9 Å². The molecule has 0 radical (unpaired) electrons. The molecule has 0 saturated heterocycles. The van der Waals surface area contributed by atoms with Gasteiger partial charge in [-0.1, -0.05) is 12.1 Å². The summed E-state index contributed by atoms with van der Waals surface area (Å²) in [5.74, 6) is -0.880. The number of nitrogens with one attached hydrogen (secondary N) is 1. The van der Waals surface area contributed by atoms with E-state index in [0.29, 0.717) is 4.68 Å². The highest BCUT2D eigenvalue weighted by molar-refractivity contribution is 5.85. The second-order valence-electron chi connectivity index (χ2n) is 5.89. The first-order valence-corrected chi connectivity index (χ1v) is 6.89. The number of halogens is 4.